The van der Waals surface area contributed by atoms with Crippen molar-refractivity contribution in [1.82, 2.24) is 0 Å². The number of allylic oxidation sites excluding steroid dienone is 1. The molecular formula is C18H36O3S2Si. The highest BCUT2D eigenvalue weighted by molar-refractivity contribution is 8.17. The first-order chi connectivity index (χ1) is 11.0. The van der Waals surface area contributed by atoms with Crippen LogP contribution in [-0.2, 0) is 4.43 Å². The van der Waals surface area contributed by atoms with Gasteiger partial charge in [-0.3, -0.25) is 0 Å². The SMILES string of the molecule is C/C=C/[C@@H](O)[C@@](O)(CCO[Si](C)(C)C(C)(C)C)CC1SCCCS1. The Morgan fingerprint density at radius 2 is 1.83 bits per heavy atom. The molecule has 6 heteroatoms. The maximum Gasteiger partial charge on any atom is 0.191 e. The molecule has 1 aliphatic heterocycles. The Hall–Kier alpha value is 0.537. The predicted molar refractivity (Wildman–Crippen MR) is 111 cm³/mol. The van der Waals surface area contributed by atoms with Crippen molar-refractivity contribution in [2.75, 3.05) is 18.1 Å². The zero-order valence-corrected chi connectivity index (χ0v) is 18.8. The van der Waals surface area contributed by atoms with E-state index in [1.165, 1.54) is 6.42 Å². The molecule has 0 unspecified atom stereocenters. The molecule has 0 amide bonds. The molecule has 1 rings (SSSR count). The number of hydrogen-bond donors (Lipinski definition) is 2. The lowest BCUT2D eigenvalue weighted by Crippen LogP contribution is -2.47. The molecule has 0 bridgehead atoms. The van der Waals surface area contributed by atoms with Gasteiger partial charge in [-0.1, -0.05) is 32.9 Å². The fourth-order valence-electron chi connectivity index (χ4n) is 2.37. The highest BCUT2D eigenvalue weighted by Crippen LogP contribution is 2.40. The van der Waals surface area contributed by atoms with Gasteiger partial charge in [0.25, 0.3) is 0 Å². The molecule has 0 saturated carbocycles. The molecular weight excluding hydrogens is 356 g/mol. The summed E-state index contributed by atoms with van der Waals surface area (Å²) in [6.07, 6.45) is 4.98. The van der Waals surface area contributed by atoms with E-state index >= 15 is 0 Å². The third kappa shape index (κ3) is 6.69. The van der Waals surface area contributed by atoms with Crippen LogP contribution in [0.2, 0.25) is 18.1 Å². The molecule has 2 N–H and O–H groups in total. The van der Waals surface area contributed by atoms with Gasteiger partial charge in [0.2, 0.25) is 0 Å². The smallest absolute Gasteiger partial charge is 0.191 e. The third-order valence-electron chi connectivity index (χ3n) is 5.15. The average Bonchev–Trinajstić information content (AvgIpc) is 2.47. The lowest BCUT2D eigenvalue weighted by molar-refractivity contribution is -0.0681. The second kappa shape index (κ2) is 9.47. The van der Waals surface area contributed by atoms with Gasteiger partial charge in [-0.15, -0.1) is 23.5 Å². The summed E-state index contributed by atoms with van der Waals surface area (Å²) >= 11 is 3.81. The van der Waals surface area contributed by atoms with Gasteiger partial charge in [0, 0.05) is 19.4 Å². The molecule has 0 aromatic carbocycles. The van der Waals surface area contributed by atoms with E-state index in [9.17, 15) is 10.2 Å². The maximum absolute atomic E-state index is 11.2. The molecule has 2 atom stereocenters. The molecule has 0 aromatic rings. The monoisotopic (exact) mass is 392 g/mol. The lowest BCUT2D eigenvalue weighted by Gasteiger charge is -2.39. The van der Waals surface area contributed by atoms with Crippen LogP contribution in [0, 0.1) is 0 Å². The van der Waals surface area contributed by atoms with Crippen molar-refractivity contribution in [3.8, 4) is 0 Å². The quantitative estimate of drug-likeness (QED) is 0.465. The van der Waals surface area contributed by atoms with E-state index in [-0.39, 0.29) is 5.04 Å². The topological polar surface area (TPSA) is 49.7 Å². The van der Waals surface area contributed by atoms with Crippen LogP contribution in [0.15, 0.2) is 12.2 Å². The van der Waals surface area contributed by atoms with Crippen molar-refractivity contribution >= 4 is 31.8 Å². The Morgan fingerprint density at radius 3 is 2.33 bits per heavy atom. The number of hydrogen-bond acceptors (Lipinski definition) is 5. The van der Waals surface area contributed by atoms with Crippen molar-refractivity contribution in [2.24, 2.45) is 0 Å². The second-order valence-electron chi connectivity index (χ2n) is 8.16. The van der Waals surface area contributed by atoms with Crippen LogP contribution in [-0.4, -0.2) is 52.9 Å². The normalized spacial score (nSPS) is 21.8. The van der Waals surface area contributed by atoms with E-state index in [2.05, 4.69) is 33.9 Å². The minimum atomic E-state index is -1.83. The number of aliphatic hydroxyl groups is 2. The van der Waals surface area contributed by atoms with Gasteiger partial charge in [-0.2, -0.15) is 0 Å². The Morgan fingerprint density at radius 1 is 1.25 bits per heavy atom. The molecule has 0 radical (unpaired) electrons. The number of thioether (sulfide) groups is 2. The zero-order chi connectivity index (χ0) is 18.4. The summed E-state index contributed by atoms with van der Waals surface area (Å²) in [4.78, 5) is 0. The highest BCUT2D eigenvalue weighted by Gasteiger charge is 2.40. The van der Waals surface area contributed by atoms with Gasteiger partial charge < -0.3 is 14.6 Å². The first-order valence-corrected chi connectivity index (χ1v) is 13.9. The van der Waals surface area contributed by atoms with Crippen molar-refractivity contribution in [2.45, 2.75) is 81.4 Å². The largest absolute Gasteiger partial charge is 0.417 e. The van der Waals surface area contributed by atoms with Gasteiger partial charge in [0.1, 0.15) is 6.10 Å². The summed E-state index contributed by atoms with van der Waals surface area (Å²) in [7, 11) is -1.83. The summed E-state index contributed by atoms with van der Waals surface area (Å²) in [5.74, 6) is 2.29. The van der Waals surface area contributed by atoms with Crippen molar-refractivity contribution in [3.63, 3.8) is 0 Å². The summed E-state index contributed by atoms with van der Waals surface area (Å²) in [6.45, 7) is 13.5. The van der Waals surface area contributed by atoms with E-state index in [0.717, 1.165) is 11.5 Å². The Balaban J connectivity index is 2.71. The van der Waals surface area contributed by atoms with Crippen molar-refractivity contribution in [1.29, 1.82) is 0 Å². The highest BCUT2D eigenvalue weighted by atomic mass is 32.2. The number of aliphatic hydroxyl groups excluding tert-OH is 1. The summed E-state index contributed by atoms with van der Waals surface area (Å²) in [5.41, 5.74) is -1.11. The van der Waals surface area contributed by atoms with E-state index in [4.69, 9.17) is 4.43 Å². The van der Waals surface area contributed by atoms with Crippen LogP contribution in [0.3, 0.4) is 0 Å². The molecule has 0 aliphatic carbocycles. The number of rotatable bonds is 8. The Kier molecular flexibility index (Phi) is 8.91. The van der Waals surface area contributed by atoms with Gasteiger partial charge in [-0.05, 0) is 43.0 Å². The fourth-order valence-corrected chi connectivity index (χ4v) is 6.53. The van der Waals surface area contributed by atoms with E-state index in [1.54, 1.807) is 6.08 Å². The molecule has 1 aliphatic rings. The minimum Gasteiger partial charge on any atom is -0.417 e. The molecule has 1 saturated heterocycles. The molecule has 1 heterocycles. The molecule has 0 aromatic heterocycles. The van der Waals surface area contributed by atoms with Crippen LogP contribution in [0.25, 0.3) is 0 Å². The van der Waals surface area contributed by atoms with Crippen LogP contribution in [0.5, 0.6) is 0 Å². The average molecular weight is 393 g/mol. The molecule has 0 spiro atoms. The molecule has 3 nitrogen and oxygen atoms in total. The van der Waals surface area contributed by atoms with Crippen molar-refractivity contribution in [3.05, 3.63) is 12.2 Å². The van der Waals surface area contributed by atoms with Crippen LogP contribution in [0.1, 0.15) is 47.0 Å². The van der Waals surface area contributed by atoms with Crippen molar-refractivity contribution < 1.29 is 14.6 Å². The molecule has 1 fully saturated rings. The van der Waals surface area contributed by atoms with Gasteiger partial charge in [-0.25, -0.2) is 0 Å². The Labute approximate surface area is 158 Å². The summed E-state index contributed by atoms with van der Waals surface area (Å²) < 4.78 is 6.60. The van der Waals surface area contributed by atoms with Gasteiger partial charge in [0.15, 0.2) is 8.32 Å². The Bertz CT molecular complexity index is 404. The van der Waals surface area contributed by atoms with E-state index in [1.807, 2.05) is 36.5 Å². The van der Waals surface area contributed by atoms with Gasteiger partial charge in [0.05, 0.1) is 10.2 Å². The van der Waals surface area contributed by atoms with E-state index in [0.29, 0.717) is 24.0 Å². The lowest BCUT2D eigenvalue weighted by atomic mass is 9.90. The standard InChI is InChI=1S/C18H36O3S2Si/c1-7-9-15(19)18(20,14-16-22-12-8-13-23-16)10-11-21-24(5,6)17(2,3)4/h7,9,15-16,19-20H,8,10-14H2,1-6H3/b9-7+/t15-,18-/m1/s1. The van der Waals surface area contributed by atoms with Crippen LogP contribution < -0.4 is 0 Å². The van der Waals surface area contributed by atoms with Gasteiger partial charge >= 0.3 is 0 Å². The first-order valence-electron chi connectivity index (χ1n) is 8.92. The third-order valence-corrected chi connectivity index (χ3v) is 12.6. The second-order valence-corrected chi connectivity index (χ2v) is 15.9. The summed E-state index contributed by atoms with van der Waals surface area (Å²) in [5, 5.41) is 21.8. The van der Waals surface area contributed by atoms with Crippen LogP contribution in [0.4, 0.5) is 0 Å². The van der Waals surface area contributed by atoms with Crippen LogP contribution >= 0.6 is 23.5 Å². The molecule has 24 heavy (non-hydrogen) atoms. The fraction of sp³-hybridized carbons (Fsp3) is 0.889. The van der Waals surface area contributed by atoms with E-state index < -0.39 is 20.0 Å². The minimum absolute atomic E-state index is 0.155. The molecule has 142 valence electrons. The summed E-state index contributed by atoms with van der Waals surface area (Å²) in [6, 6.07) is 0. The zero-order valence-electron chi connectivity index (χ0n) is 16.2. The maximum atomic E-state index is 11.2. The predicted octanol–water partition coefficient (Wildman–Crippen LogP) is 4.65. The first kappa shape index (κ1) is 22.6.